The lowest BCUT2D eigenvalue weighted by molar-refractivity contribution is 0.488. The third-order valence-corrected chi connectivity index (χ3v) is 5.89. The van der Waals surface area contributed by atoms with Crippen molar-refractivity contribution < 1.29 is 12.6 Å². The zero-order valence-corrected chi connectivity index (χ0v) is 15.9. The molecule has 1 heterocycles. The van der Waals surface area contributed by atoms with Gasteiger partial charge >= 0.3 is 10.1 Å². The molecule has 1 N–H and O–H groups in total. The van der Waals surface area contributed by atoms with E-state index >= 15 is 0 Å². The zero-order valence-electron chi connectivity index (χ0n) is 14.3. The molecule has 0 aliphatic heterocycles. The fourth-order valence-corrected chi connectivity index (χ4v) is 4.32. The van der Waals surface area contributed by atoms with Gasteiger partial charge in [0.25, 0.3) is 0 Å². The molecule has 8 heteroatoms. The van der Waals surface area contributed by atoms with Gasteiger partial charge in [-0.15, -0.1) is 5.10 Å². The van der Waals surface area contributed by atoms with Crippen LogP contribution in [0.1, 0.15) is 12.5 Å². The van der Waals surface area contributed by atoms with Crippen LogP contribution >= 0.6 is 11.8 Å². The molecule has 0 radical (unpaired) electrons. The number of aromatic nitrogens is 3. The van der Waals surface area contributed by atoms with Gasteiger partial charge in [0, 0.05) is 11.3 Å². The number of aromatic amines is 1. The second kappa shape index (κ2) is 8.37. The van der Waals surface area contributed by atoms with Crippen molar-refractivity contribution in [3.8, 4) is 17.1 Å². The maximum Gasteiger partial charge on any atom is 0.310 e. The highest BCUT2D eigenvalue weighted by atomic mass is 32.2. The molecule has 1 aromatic heterocycles. The van der Waals surface area contributed by atoms with Crippen molar-refractivity contribution in [1.82, 2.24) is 15.2 Å². The fraction of sp³-hybridized carbons (Fsp3) is 0.222. The first-order valence-electron chi connectivity index (χ1n) is 8.17. The molecule has 0 bridgehead atoms. The summed E-state index contributed by atoms with van der Waals surface area (Å²) in [6.45, 7) is 2.10. The Hall–Kier alpha value is -2.32. The van der Waals surface area contributed by atoms with E-state index in [2.05, 4.69) is 34.2 Å². The number of hydrogen-bond acceptors (Lipinski definition) is 6. The third-order valence-electron chi connectivity index (χ3n) is 3.63. The quantitative estimate of drug-likeness (QED) is 0.469. The van der Waals surface area contributed by atoms with E-state index in [-0.39, 0.29) is 5.75 Å². The molecule has 0 fully saturated rings. The molecule has 136 valence electrons. The molecule has 6 nitrogen and oxygen atoms in total. The van der Waals surface area contributed by atoms with Crippen LogP contribution in [0.5, 0.6) is 5.75 Å². The van der Waals surface area contributed by atoms with Crippen LogP contribution in [-0.4, -0.2) is 35.1 Å². The fourth-order valence-electron chi connectivity index (χ4n) is 2.24. The van der Waals surface area contributed by atoms with Crippen molar-refractivity contribution in [1.29, 1.82) is 0 Å². The third kappa shape index (κ3) is 5.09. The molecule has 3 aromatic rings. The molecular formula is C18H19N3O3S2. The highest BCUT2D eigenvalue weighted by Gasteiger charge is 2.14. The van der Waals surface area contributed by atoms with E-state index in [0.29, 0.717) is 22.5 Å². The van der Waals surface area contributed by atoms with Crippen molar-refractivity contribution in [2.45, 2.75) is 18.5 Å². The molecule has 0 aliphatic rings. The smallest absolute Gasteiger partial charge is 0.310 e. The summed E-state index contributed by atoms with van der Waals surface area (Å²) in [7, 11) is -3.64. The maximum absolute atomic E-state index is 12.0. The molecule has 2 aromatic carbocycles. The Morgan fingerprint density at radius 2 is 1.81 bits per heavy atom. The SMILES string of the molecule is CCc1ccc(-c2nc(SCCS(=O)(=O)Oc3ccccc3)n[nH]2)cc1. The summed E-state index contributed by atoms with van der Waals surface area (Å²) in [5.41, 5.74) is 2.20. The van der Waals surface area contributed by atoms with Crippen molar-refractivity contribution >= 4 is 21.9 Å². The number of benzene rings is 2. The van der Waals surface area contributed by atoms with Gasteiger partial charge in [-0.1, -0.05) is 61.2 Å². The van der Waals surface area contributed by atoms with E-state index in [9.17, 15) is 8.42 Å². The first-order valence-corrected chi connectivity index (χ1v) is 10.7. The summed E-state index contributed by atoms with van der Waals surface area (Å²) in [5.74, 6) is 1.16. The second-order valence-corrected chi connectivity index (χ2v) is 8.28. The van der Waals surface area contributed by atoms with Crippen LogP contribution in [0, 0.1) is 0 Å². The van der Waals surface area contributed by atoms with Gasteiger partial charge in [-0.25, -0.2) is 4.98 Å². The molecule has 0 saturated heterocycles. The monoisotopic (exact) mass is 389 g/mol. The summed E-state index contributed by atoms with van der Waals surface area (Å²) in [5, 5.41) is 7.52. The molecular weight excluding hydrogens is 370 g/mol. The number of aryl methyl sites for hydroxylation is 1. The Labute approximate surface area is 157 Å². The summed E-state index contributed by atoms with van der Waals surface area (Å²) >= 11 is 1.27. The van der Waals surface area contributed by atoms with Crippen LogP contribution in [0.3, 0.4) is 0 Å². The standard InChI is InChI=1S/C18H19N3O3S2/c1-2-14-8-10-15(11-9-14)17-19-18(21-20-17)25-12-13-26(22,23)24-16-6-4-3-5-7-16/h3-11H,2,12-13H2,1H3,(H,19,20,21). The average Bonchev–Trinajstić information content (AvgIpc) is 3.11. The molecule has 0 unspecified atom stereocenters. The highest BCUT2D eigenvalue weighted by Crippen LogP contribution is 2.20. The maximum atomic E-state index is 12.0. The van der Waals surface area contributed by atoms with E-state index in [0.717, 1.165) is 12.0 Å². The van der Waals surface area contributed by atoms with Crippen molar-refractivity contribution in [3.05, 3.63) is 60.2 Å². The second-order valence-electron chi connectivity index (χ2n) is 5.52. The minimum atomic E-state index is -3.64. The first kappa shape index (κ1) is 18.5. The number of nitrogens with one attached hydrogen (secondary N) is 1. The van der Waals surface area contributed by atoms with Crippen molar-refractivity contribution in [3.63, 3.8) is 0 Å². The van der Waals surface area contributed by atoms with Crippen LogP contribution in [0.15, 0.2) is 59.8 Å². The van der Waals surface area contributed by atoms with Gasteiger partial charge in [-0.05, 0) is 24.1 Å². The van der Waals surface area contributed by atoms with Crippen molar-refractivity contribution in [2.75, 3.05) is 11.5 Å². The number of para-hydroxylation sites is 1. The minimum absolute atomic E-state index is 0.123. The van der Waals surface area contributed by atoms with Crippen LogP contribution < -0.4 is 4.18 Å². The number of H-pyrrole nitrogens is 1. The topological polar surface area (TPSA) is 84.9 Å². The lowest BCUT2D eigenvalue weighted by Gasteiger charge is -2.05. The van der Waals surface area contributed by atoms with Gasteiger partial charge in [0.05, 0.1) is 5.75 Å². The van der Waals surface area contributed by atoms with Crippen LogP contribution in [0.4, 0.5) is 0 Å². The molecule has 0 aliphatic carbocycles. The van der Waals surface area contributed by atoms with Gasteiger partial charge < -0.3 is 4.18 Å². The van der Waals surface area contributed by atoms with E-state index in [1.54, 1.807) is 30.3 Å². The molecule has 26 heavy (non-hydrogen) atoms. The number of rotatable bonds is 8. The summed E-state index contributed by atoms with van der Waals surface area (Å²) in [4.78, 5) is 4.40. The lowest BCUT2D eigenvalue weighted by Crippen LogP contribution is -2.15. The summed E-state index contributed by atoms with van der Waals surface area (Å²) in [6, 6.07) is 16.6. The first-order chi connectivity index (χ1) is 12.6. The summed E-state index contributed by atoms with van der Waals surface area (Å²) in [6.07, 6.45) is 0.983. The molecule has 3 rings (SSSR count). The molecule has 0 atom stereocenters. The normalized spacial score (nSPS) is 11.4. The Bertz CT molecular complexity index is 939. The number of nitrogens with zero attached hydrogens (tertiary/aromatic N) is 2. The van der Waals surface area contributed by atoms with E-state index in [1.165, 1.54) is 17.3 Å². The van der Waals surface area contributed by atoms with Crippen LogP contribution in [-0.2, 0) is 16.5 Å². The summed E-state index contributed by atoms with van der Waals surface area (Å²) < 4.78 is 29.0. The van der Waals surface area contributed by atoms with Gasteiger partial charge in [0.2, 0.25) is 5.16 Å². The Morgan fingerprint density at radius 3 is 2.50 bits per heavy atom. The predicted molar refractivity (Wildman–Crippen MR) is 103 cm³/mol. The highest BCUT2D eigenvalue weighted by molar-refractivity contribution is 8.00. The minimum Gasteiger partial charge on any atom is -0.382 e. The van der Waals surface area contributed by atoms with Crippen LogP contribution in [0.2, 0.25) is 0 Å². The molecule has 0 amide bonds. The number of hydrogen-bond donors (Lipinski definition) is 1. The van der Waals surface area contributed by atoms with Gasteiger partial charge in [0.15, 0.2) is 5.82 Å². The Kier molecular flexibility index (Phi) is 5.95. The Balaban J connectivity index is 1.54. The van der Waals surface area contributed by atoms with Crippen LogP contribution in [0.25, 0.3) is 11.4 Å². The Morgan fingerprint density at radius 1 is 1.08 bits per heavy atom. The number of thioether (sulfide) groups is 1. The van der Waals surface area contributed by atoms with E-state index in [4.69, 9.17) is 4.18 Å². The average molecular weight is 390 g/mol. The molecule has 0 saturated carbocycles. The van der Waals surface area contributed by atoms with Gasteiger partial charge in [-0.3, -0.25) is 5.10 Å². The molecule has 0 spiro atoms. The predicted octanol–water partition coefficient (Wildman–Crippen LogP) is 3.54. The van der Waals surface area contributed by atoms with E-state index in [1.807, 2.05) is 12.1 Å². The van der Waals surface area contributed by atoms with E-state index < -0.39 is 10.1 Å². The lowest BCUT2D eigenvalue weighted by atomic mass is 10.1. The largest absolute Gasteiger partial charge is 0.382 e. The van der Waals surface area contributed by atoms with Gasteiger partial charge in [-0.2, -0.15) is 8.42 Å². The van der Waals surface area contributed by atoms with Gasteiger partial charge in [0.1, 0.15) is 5.75 Å². The van der Waals surface area contributed by atoms with Crippen molar-refractivity contribution in [2.24, 2.45) is 0 Å². The zero-order chi connectivity index (χ0) is 18.4.